The fraction of sp³-hybridized carbons (Fsp3) is 0.211. The second-order valence-electron chi connectivity index (χ2n) is 6.12. The van der Waals surface area contributed by atoms with E-state index in [1.807, 2.05) is 19.1 Å². The molecule has 126 valence electrons. The molecule has 2 aromatic heterocycles. The first-order chi connectivity index (χ1) is 12.0. The zero-order valence-electron chi connectivity index (χ0n) is 14.5. The van der Waals surface area contributed by atoms with E-state index in [-0.39, 0.29) is 0 Å². The van der Waals surface area contributed by atoms with Gasteiger partial charge in [0.15, 0.2) is 11.5 Å². The molecule has 0 aliphatic heterocycles. The Morgan fingerprint density at radius 1 is 1.04 bits per heavy atom. The van der Waals surface area contributed by atoms with E-state index >= 15 is 0 Å². The van der Waals surface area contributed by atoms with Gasteiger partial charge in [0, 0.05) is 10.0 Å². The van der Waals surface area contributed by atoms with Crippen molar-refractivity contribution in [3.8, 4) is 17.1 Å². The minimum Gasteiger partial charge on any atom is -0.494 e. The van der Waals surface area contributed by atoms with E-state index in [1.165, 1.54) is 11.1 Å². The Hall–Kier alpha value is -2.47. The third-order valence-corrected chi connectivity index (χ3v) is 4.91. The van der Waals surface area contributed by atoms with Gasteiger partial charge in [-0.3, -0.25) is 4.40 Å². The maximum atomic E-state index is 5.54. The molecule has 0 aliphatic carbocycles. The molecule has 2 heterocycles. The predicted molar refractivity (Wildman–Crippen MR) is 102 cm³/mol. The maximum absolute atomic E-state index is 5.54. The molecule has 0 fully saturated rings. The summed E-state index contributed by atoms with van der Waals surface area (Å²) in [7, 11) is 1.65. The number of ether oxygens (including phenoxy) is 1. The molecule has 0 unspecified atom stereocenters. The van der Waals surface area contributed by atoms with Crippen LogP contribution >= 0.6 is 15.9 Å². The Morgan fingerprint density at radius 2 is 1.76 bits per heavy atom. The fourth-order valence-corrected chi connectivity index (χ4v) is 3.72. The van der Waals surface area contributed by atoms with E-state index in [9.17, 15) is 0 Å². The van der Waals surface area contributed by atoms with Crippen LogP contribution in [0.1, 0.15) is 16.8 Å². The second kappa shape index (κ2) is 5.81. The van der Waals surface area contributed by atoms with Gasteiger partial charge >= 0.3 is 0 Å². The lowest BCUT2D eigenvalue weighted by Crippen LogP contribution is -2.01. The molecule has 0 saturated heterocycles. The van der Waals surface area contributed by atoms with E-state index in [0.717, 1.165) is 44.0 Å². The van der Waals surface area contributed by atoms with Crippen molar-refractivity contribution in [1.29, 1.82) is 0 Å². The summed E-state index contributed by atoms with van der Waals surface area (Å²) in [5.74, 6) is 1.54. The highest BCUT2D eigenvalue weighted by molar-refractivity contribution is 9.10. The van der Waals surface area contributed by atoms with Crippen LogP contribution in [-0.4, -0.2) is 26.7 Å². The lowest BCUT2D eigenvalue weighted by Gasteiger charge is -2.12. The quantitative estimate of drug-likeness (QED) is 0.495. The van der Waals surface area contributed by atoms with Crippen LogP contribution < -0.4 is 4.74 Å². The van der Waals surface area contributed by atoms with Gasteiger partial charge in [-0.05, 0) is 44.0 Å². The Kier molecular flexibility index (Phi) is 3.72. The van der Waals surface area contributed by atoms with Crippen molar-refractivity contribution in [3.63, 3.8) is 0 Å². The number of hydrogen-bond acceptors (Lipinski definition) is 4. The first-order valence-electron chi connectivity index (χ1n) is 7.97. The summed E-state index contributed by atoms with van der Waals surface area (Å²) >= 11 is 3.56. The zero-order chi connectivity index (χ0) is 17.7. The van der Waals surface area contributed by atoms with Crippen LogP contribution in [-0.2, 0) is 0 Å². The smallest absolute Gasteiger partial charge is 0.183 e. The molecule has 25 heavy (non-hydrogen) atoms. The van der Waals surface area contributed by atoms with Crippen LogP contribution in [0.25, 0.3) is 28.1 Å². The number of fused-ring (bicyclic) bond motifs is 3. The van der Waals surface area contributed by atoms with Gasteiger partial charge in [-0.1, -0.05) is 34.1 Å². The van der Waals surface area contributed by atoms with Crippen molar-refractivity contribution in [2.75, 3.05) is 7.11 Å². The van der Waals surface area contributed by atoms with Crippen LogP contribution in [0, 0.1) is 20.8 Å². The summed E-state index contributed by atoms with van der Waals surface area (Å²) in [6.45, 7) is 6.13. The Labute approximate surface area is 153 Å². The van der Waals surface area contributed by atoms with Crippen molar-refractivity contribution < 1.29 is 4.74 Å². The monoisotopic (exact) mass is 396 g/mol. The minimum atomic E-state index is 0.718. The summed E-state index contributed by atoms with van der Waals surface area (Å²) in [4.78, 5) is 4.70. The van der Waals surface area contributed by atoms with Gasteiger partial charge in [-0.2, -0.15) is 0 Å². The first-order valence-corrected chi connectivity index (χ1v) is 8.76. The third-order valence-electron chi connectivity index (χ3n) is 4.45. The molecular weight excluding hydrogens is 380 g/mol. The number of methoxy groups -OCH3 is 1. The van der Waals surface area contributed by atoms with E-state index in [4.69, 9.17) is 9.72 Å². The number of hydrogen-bond donors (Lipinski definition) is 0. The molecule has 4 aromatic rings. The third kappa shape index (κ3) is 2.40. The van der Waals surface area contributed by atoms with Gasteiger partial charge < -0.3 is 4.74 Å². The molecule has 0 N–H and O–H groups in total. The van der Waals surface area contributed by atoms with Crippen LogP contribution in [0.3, 0.4) is 0 Å². The normalized spacial score (nSPS) is 11.4. The van der Waals surface area contributed by atoms with Gasteiger partial charge in [0.1, 0.15) is 11.3 Å². The van der Waals surface area contributed by atoms with Crippen LogP contribution in [0.5, 0.6) is 5.75 Å². The molecule has 4 rings (SSSR count). The predicted octanol–water partition coefficient (Wildman–Crippen LogP) is 4.64. The molecule has 0 aliphatic rings. The van der Waals surface area contributed by atoms with Crippen molar-refractivity contribution >= 4 is 32.6 Å². The zero-order valence-corrected chi connectivity index (χ0v) is 16.0. The van der Waals surface area contributed by atoms with E-state index in [1.54, 1.807) is 7.11 Å². The van der Waals surface area contributed by atoms with Crippen molar-refractivity contribution in [3.05, 3.63) is 51.6 Å². The molecule has 0 radical (unpaired) electrons. The van der Waals surface area contributed by atoms with Crippen molar-refractivity contribution in [2.24, 2.45) is 0 Å². The van der Waals surface area contributed by atoms with Gasteiger partial charge in [-0.15, -0.1) is 10.2 Å². The number of nitrogens with zero attached hydrogens (tertiary/aromatic N) is 4. The average Bonchev–Trinajstić information content (AvgIpc) is 3.01. The Morgan fingerprint density at radius 3 is 2.44 bits per heavy atom. The van der Waals surface area contributed by atoms with E-state index in [2.05, 4.69) is 62.6 Å². The molecular formula is C19H17BrN4O. The van der Waals surface area contributed by atoms with Crippen molar-refractivity contribution in [1.82, 2.24) is 19.6 Å². The van der Waals surface area contributed by atoms with E-state index in [0.29, 0.717) is 0 Å². The van der Waals surface area contributed by atoms with Crippen LogP contribution in [0.15, 0.2) is 34.8 Å². The highest BCUT2D eigenvalue weighted by Crippen LogP contribution is 2.33. The number of aryl methyl sites for hydroxylation is 3. The number of benzene rings is 2. The molecule has 6 heteroatoms. The van der Waals surface area contributed by atoms with Crippen LogP contribution in [0.2, 0.25) is 0 Å². The summed E-state index contributed by atoms with van der Waals surface area (Å²) in [5, 5.41) is 8.91. The Bertz CT molecular complexity index is 1110. The molecule has 0 spiro atoms. The van der Waals surface area contributed by atoms with Gasteiger partial charge in [-0.25, -0.2) is 4.98 Å². The SMILES string of the molecule is COc1cc(Br)cc2c1nc(C)c1nnc(-c3c(C)cccc3C)n12. The largest absolute Gasteiger partial charge is 0.494 e. The second-order valence-corrected chi connectivity index (χ2v) is 7.04. The lowest BCUT2D eigenvalue weighted by atomic mass is 10.0. The molecule has 2 aromatic carbocycles. The minimum absolute atomic E-state index is 0.718. The molecule has 0 amide bonds. The number of aromatic nitrogens is 4. The molecule has 0 saturated carbocycles. The summed E-state index contributed by atoms with van der Waals surface area (Å²) in [6.07, 6.45) is 0. The number of halogens is 1. The van der Waals surface area contributed by atoms with Gasteiger partial charge in [0.25, 0.3) is 0 Å². The summed E-state index contributed by atoms with van der Waals surface area (Å²) in [5.41, 5.74) is 6.71. The van der Waals surface area contributed by atoms with Crippen molar-refractivity contribution in [2.45, 2.75) is 20.8 Å². The van der Waals surface area contributed by atoms with Gasteiger partial charge in [0.05, 0.1) is 18.3 Å². The molecule has 0 bridgehead atoms. The standard InChI is InChI=1S/C19H17BrN4O/c1-10-6-5-7-11(2)16(10)19-23-22-18-12(3)21-17-14(24(18)19)8-13(20)9-15(17)25-4/h5-9H,1-4H3. The molecule has 0 atom stereocenters. The highest BCUT2D eigenvalue weighted by atomic mass is 79.9. The van der Waals surface area contributed by atoms with E-state index < -0.39 is 0 Å². The number of rotatable bonds is 2. The average molecular weight is 397 g/mol. The lowest BCUT2D eigenvalue weighted by molar-refractivity contribution is 0.418. The summed E-state index contributed by atoms with van der Waals surface area (Å²) in [6, 6.07) is 10.2. The maximum Gasteiger partial charge on any atom is 0.183 e. The molecule has 5 nitrogen and oxygen atoms in total. The topological polar surface area (TPSA) is 52.3 Å². The fourth-order valence-electron chi connectivity index (χ4n) is 3.29. The first kappa shape index (κ1) is 16.0. The Balaban J connectivity index is 2.22. The van der Waals surface area contributed by atoms with Gasteiger partial charge in [0.2, 0.25) is 0 Å². The van der Waals surface area contributed by atoms with Crippen LogP contribution in [0.4, 0.5) is 0 Å². The summed E-state index contributed by atoms with van der Waals surface area (Å²) < 4.78 is 8.53. The highest BCUT2D eigenvalue weighted by Gasteiger charge is 2.19.